The number of halogens is 5. The third kappa shape index (κ3) is 6.89. The molecule has 5 rings (SSSR count). The Morgan fingerprint density at radius 2 is 1.68 bits per heavy atom. The highest BCUT2D eigenvalue weighted by Crippen LogP contribution is 2.36. The molecule has 1 N–H and O–H groups in total. The number of aromatic nitrogens is 1. The molecule has 0 saturated heterocycles. The Morgan fingerprint density at radius 3 is 2.32 bits per heavy atom. The van der Waals surface area contributed by atoms with Crippen molar-refractivity contribution in [3.8, 4) is 18.6 Å². The minimum absolute atomic E-state index is 0.194. The van der Waals surface area contributed by atoms with Gasteiger partial charge in [-0.15, -0.1) is 24.6 Å². The SMILES string of the molecule is C#C.CC(=O)Oc1c2n(ccc1=O)NCN([C@H](C)C(F)(F)F)C2=O.Fc1cccc2c1Cc1cccc(F)c1SC2. The van der Waals surface area contributed by atoms with Crippen molar-refractivity contribution in [1.82, 2.24) is 9.58 Å². The molecule has 1 atom stereocenters. The van der Waals surface area contributed by atoms with Crippen molar-refractivity contribution in [1.29, 1.82) is 0 Å². The van der Waals surface area contributed by atoms with Crippen LogP contribution < -0.4 is 15.6 Å². The summed E-state index contributed by atoms with van der Waals surface area (Å²) in [6.07, 6.45) is 5.02. The lowest BCUT2D eigenvalue weighted by molar-refractivity contribution is -0.172. The van der Waals surface area contributed by atoms with Gasteiger partial charge in [-0.25, -0.2) is 8.78 Å². The van der Waals surface area contributed by atoms with Gasteiger partial charge in [0, 0.05) is 36.3 Å². The predicted molar refractivity (Wildman–Crippen MR) is 143 cm³/mol. The van der Waals surface area contributed by atoms with Crippen molar-refractivity contribution in [2.24, 2.45) is 0 Å². The molecule has 0 bridgehead atoms. The number of terminal acetylenes is 1. The maximum absolute atomic E-state index is 13.7. The highest BCUT2D eigenvalue weighted by molar-refractivity contribution is 7.98. The normalized spacial score (nSPS) is 14.3. The number of carbonyl (C=O) groups is 2. The molecular formula is C28H24F5N3O4S. The Hall–Kier alpha value is -4.31. The second-order valence-electron chi connectivity index (χ2n) is 8.70. The summed E-state index contributed by atoms with van der Waals surface area (Å²) in [7, 11) is 0. The highest BCUT2D eigenvalue weighted by Gasteiger charge is 2.44. The van der Waals surface area contributed by atoms with Gasteiger partial charge in [-0.3, -0.25) is 19.1 Å². The standard InChI is InChI=1S/C14H10F2S.C12H12F3N3O4.C2H2/c15-12-5-2-4-10-8-17-14-9(7-11(10)12)3-1-6-13(14)16;1-6(12(13,14)15)17-5-16-18-4-3-8(20)10(22-7(2)19)9(18)11(17)21;1-2/h1-6H,7-8H2;3-4,6,16H,5H2,1-2H3;1-2H/t;6-;/m.1./s1. The van der Waals surface area contributed by atoms with Gasteiger partial charge in [-0.2, -0.15) is 13.2 Å². The first-order valence-electron chi connectivity index (χ1n) is 11.9. The third-order valence-electron chi connectivity index (χ3n) is 6.12. The van der Waals surface area contributed by atoms with Gasteiger partial charge in [0.2, 0.25) is 11.2 Å². The van der Waals surface area contributed by atoms with Crippen LogP contribution in [0.5, 0.6) is 5.75 Å². The lowest BCUT2D eigenvalue weighted by atomic mass is 10.00. The number of ether oxygens (including phenoxy) is 1. The van der Waals surface area contributed by atoms with Crippen molar-refractivity contribution in [3.05, 3.63) is 92.9 Å². The number of amides is 1. The van der Waals surface area contributed by atoms with E-state index < -0.39 is 47.6 Å². The number of thioether (sulfide) groups is 1. The smallest absolute Gasteiger partial charge is 0.408 e. The quantitative estimate of drug-likeness (QED) is 0.253. The van der Waals surface area contributed by atoms with Crippen LogP contribution in [0.1, 0.15) is 41.0 Å². The molecule has 0 radical (unpaired) electrons. The Balaban J connectivity index is 0.000000218. The maximum Gasteiger partial charge on any atom is 0.408 e. The number of benzene rings is 2. The summed E-state index contributed by atoms with van der Waals surface area (Å²) in [6.45, 7) is 1.43. The van der Waals surface area contributed by atoms with Crippen LogP contribution in [-0.2, 0) is 17.0 Å². The molecule has 2 aliphatic heterocycles. The fourth-order valence-electron chi connectivity index (χ4n) is 4.07. The number of esters is 1. The van der Waals surface area contributed by atoms with E-state index >= 15 is 0 Å². The molecule has 7 nitrogen and oxygen atoms in total. The van der Waals surface area contributed by atoms with E-state index in [0.29, 0.717) is 27.5 Å². The van der Waals surface area contributed by atoms with E-state index in [0.717, 1.165) is 35.7 Å². The number of pyridine rings is 1. The molecule has 2 aliphatic rings. The van der Waals surface area contributed by atoms with Crippen molar-refractivity contribution < 1.29 is 36.3 Å². The zero-order valence-electron chi connectivity index (χ0n) is 21.8. The Bertz CT molecular complexity index is 1540. The van der Waals surface area contributed by atoms with Crippen molar-refractivity contribution >= 4 is 23.6 Å². The lowest BCUT2D eigenvalue weighted by Gasteiger charge is -2.36. The van der Waals surface area contributed by atoms with E-state index in [-0.39, 0.29) is 11.6 Å². The van der Waals surface area contributed by atoms with Gasteiger partial charge in [0.05, 0.1) is 0 Å². The number of nitrogens with zero attached hydrogens (tertiary/aromatic N) is 2. The topological polar surface area (TPSA) is 80.6 Å². The molecule has 1 aromatic heterocycles. The Labute approximate surface area is 236 Å². The lowest BCUT2D eigenvalue weighted by Crippen LogP contribution is -2.54. The first-order valence-corrected chi connectivity index (χ1v) is 12.9. The third-order valence-corrected chi connectivity index (χ3v) is 7.32. The van der Waals surface area contributed by atoms with Crippen LogP contribution in [0.25, 0.3) is 0 Å². The zero-order valence-corrected chi connectivity index (χ0v) is 22.6. The molecule has 0 fully saturated rings. The molecule has 0 spiro atoms. The first kappa shape index (κ1) is 31.2. The summed E-state index contributed by atoms with van der Waals surface area (Å²) in [4.78, 5) is 36.2. The van der Waals surface area contributed by atoms with E-state index in [9.17, 15) is 36.3 Å². The van der Waals surface area contributed by atoms with Crippen LogP contribution in [0, 0.1) is 24.5 Å². The molecular weight excluding hydrogens is 569 g/mol. The monoisotopic (exact) mass is 593 g/mol. The molecule has 0 unspecified atom stereocenters. The van der Waals surface area contributed by atoms with E-state index in [2.05, 4.69) is 23.0 Å². The van der Waals surface area contributed by atoms with Gasteiger partial charge >= 0.3 is 12.1 Å². The molecule has 0 aliphatic carbocycles. The Morgan fingerprint density at radius 1 is 1.05 bits per heavy atom. The summed E-state index contributed by atoms with van der Waals surface area (Å²) in [5, 5.41) is 0. The summed E-state index contributed by atoms with van der Waals surface area (Å²) >= 11 is 1.45. The van der Waals surface area contributed by atoms with Crippen LogP contribution in [0.3, 0.4) is 0 Å². The van der Waals surface area contributed by atoms with Gasteiger partial charge < -0.3 is 15.1 Å². The van der Waals surface area contributed by atoms with Crippen LogP contribution >= 0.6 is 11.8 Å². The van der Waals surface area contributed by atoms with Crippen LogP contribution in [0.4, 0.5) is 22.0 Å². The van der Waals surface area contributed by atoms with Gasteiger partial charge in [-0.1, -0.05) is 24.3 Å². The average Bonchev–Trinajstić information content (AvgIpc) is 3.12. The van der Waals surface area contributed by atoms with E-state index in [4.69, 9.17) is 0 Å². The fraction of sp³-hybridized carbons (Fsp3) is 0.250. The summed E-state index contributed by atoms with van der Waals surface area (Å²) < 4.78 is 71.5. The number of alkyl halides is 3. The van der Waals surface area contributed by atoms with Gasteiger partial charge in [0.1, 0.15) is 24.3 Å². The van der Waals surface area contributed by atoms with Crippen LogP contribution in [0.2, 0.25) is 0 Å². The number of fused-ring (bicyclic) bond motifs is 3. The molecule has 216 valence electrons. The fourth-order valence-corrected chi connectivity index (χ4v) is 5.18. The molecule has 3 aromatic rings. The molecule has 41 heavy (non-hydrogen) atoms. The maximum atomic E-state index is 13.7. The van der Waals surface area contributed by atoms with E-state index in [1.165, 1.54) is 30.1 Å². The van der Waals surface area contributed by atoms with Crippen molar-refractivity contribution in [2.45, 2.75) is 43.1 Å². The van der Waals surface area contributed by atoms with Crippen molar-refractivity contribution in [2.75, 3.05) is 12.1 Å². The first-order chi connectivity index (χ1) is 19.4. The molecule has 3 heterocycles. The van der Waals surface area contributed by atoms with Crippen molar-refractivity contribution in [3.63, 3.8) is 0 Å². The number of hydrogen-bond donors (Lipinski definition) is 1. The minimum atomic E-state index is -4.63. The largest absolute Gasteiger partial charge is 0.420 e. The minimum Gasteiger partial charge on any atom is -0.420 e. The molecule has 13 heteroatoms. The summed E-state index contributed by atoms with van der Waals surface area (Å²) in [6, 6.07) is 9.06. The predicted octanol–water partition coefficient (Wildman–Crippen LogP) is 5.09. The van der Waals surface area contributed by atoms with Gasteiger partial charge in [0.15, 0.2) is 5.69 Å². The second kappa shape index (κ2) is 12.9. The van der Waals surface area contributed by atoms with Crippen LogP contribution in [0.15, 0.2) is 58.4 Å². The number of nitrogens with one attached hydrogen (secondary N) is 1. The Kier molecular flexibility index (Phi) is 9.83. The van der Waals surface area contributed by atoms with Crippen LogP contribution in [-0.4, -0.2) is 40.3 Å². The van der Waals surface area contributed by atoms with E-state index in [1.54, 1.807) is 12.1 Å². The summed E-state index contributed by atoms with van der Waals surface area (Å²) in [5.74, 6) is -2.30. The van der Waals surface area contributed by atoms with Gasteiger partial charge in [-0.05, 0) is 35.7 Å². The highest BCUT2D eigenvalue weighted by atomic mass is 32.2. The second-order valence-corrected chi connectivity index (χ2v) is 9.69. The van der Waals surface area contributed by atoms with E-state index in [1.807, 2.05) is 12.1 Å². The van der Waals surface area contributed by atoms with Gasteiger partial charge in [0.25, 0.3) is 5.91 Å². The number of hydrogen-bond acceptors (Lipinski definition) is 6. The zero-order chi connectivity index (χ0) is 30.5. The number of rotatable bonds is 2. The molecule has 0 saturated carbocycles. The molecule has 1 amide bonds. The summed E-state index contributed by atoms with van der Waals surface area (Å²) in [5.41, 5.74) is 3.83. The molecule has 2 aromatic carbocycles. The average molecular weight is 594 g/mol. The number of carbonyl (C=O) groups excluding carboxylic acids is 2.